The molecule has 0 saturated carbocycles. The Morgan fingerprint density at radius 1 is 1.18 bits per heavy atom. The maximum Gasteiger partial charge on any atom is 0.433 e. The summed E-state index contributed by atoms with van der Waals surface area (Å²) in [6, 6.07) is 6.26. The van der Waals surface area contributed by atoms with Crippen LogP contribution in [0.25, 0.3) is 0 Å². The molecule has 1 heterocycles. The number of anilines is 3. The van der Waals surface area contributed by atoms with Crippen molar-refractivity contribution in [2.45, 2.75) is 20.0 Å². The third-order valence-electron chi connectivity index (χ3n) is 2.78. The molecule has 2 aromatic rings. The highest BCUT2D eigenvalue weighted by molar-refractivity contribution is 9.10. The van der Waals surface area contributed by atoms with Crippen LogP contribution in [-0.4, -0.2) is 16.5 Å². The highest BCUT2D eigenvalue weighted by atomic mass is 79.9. The van der Waals surface area contributed by atoms with Crippen LogP contribution in [0.15, 0.2) is 28.7 Å². The summed E-state index contributed by atoms with van der Waals surface area (Å²) in [7, 11) is 0. The van der Waals surface area contributed by atoms with E-state index in [2.05, 4.69) is 36.5 Å². The molecule has 0 radical (unpaired) electrons. The minimum atomic E-state index is -4.53. The lowest BCUT2D eigenvalue weighted by Crippen LogP contribution is -2.13. The van der Waals surface area contributed by atoms with Gasteiger partial charge in [0, 0.05) is 22.8 Å². The van der Waals surface area contributed by atoms with Gasteiger partial charge in [0.2, 0.25) is 5.95 Å². The van der Waals surface area contributed by atoms with Gasteiger partial charge in [-0.05, 0) is 37.6 Å². The molecule has 0 amide bonds. The van der Waals surface area contributed by atoms with Crippen molar-refractivity contribution in [2.75, 3.05) is 17.2 Å². The molecular weight excluding hydrogens is 361 g/mol. The topological polar surface area (TPSA) is 49.8 Å². The summed E-state index contributed by atoms with van der Waals surface area (Å²) in [4.78, 5) is 7.51. The lowest BCUT2D eigenvalue weighted by Gasteiger charge is -2.12. The normalized spacial score (nSPS) is 11.4. The summed E-state index contributed by atoms with van der Waals surface area (Å²) in [5.74, 6) is 0.0219. The van der Waals surface area contributed by atoms with Gasteiger partial charge in [-0.2, -0.15) is 18.2 Å². The summed E-state index contributed by atoms with van der Waals surface area (Å²) in [5.41, 5.74) is 0.617. The van der Waals surface area contributed by atoms with Crippen LogP contribution in [0.1, 0.15) is 18.2 Å². The molecule has 0 bridgehead atoms. The number of hydrogen-bond acceptors (Lipinski definition) is 4. The molecule has 0 saturated heterocycles. The Kier molecular flexibility index (Phi) is 4.90. The van der Waals surface area contributed by atoms with E-state index in [0.717, 1.165) is 16.1 Å². The molecule has 4 nitrogen and oxygen atoms in total. The van der Waals surface area contributed by atoms with Gasteiger partial charge in [-0.15, -0.1) is 0 Å². The third kappa shape index (κ3) is 4.09. The highest BCUT2D eigenvalue weighted by Gasteiger charge is 2.33. The fourth-order valence-electron chi connectivity index (χ4n) is 1.76. The Balaban J connectivity index is 2.36. The zero-order valence-corrected chi connectivity index (χ0v) is 13.5. The molecule has 1 aromatic heterocycles. The standard InChI is InChI=1S/C14H14BrF3N4/c1-3-19-13-21-11(14(16,17)18)7-12(22-13)20-9-4-5-10(15)8(2)6-9/h4-7H,3H2,1-2H3,(H2,19,20,21,22). The number of hydrogen-bond donors (Lipinski definition) is 2. The number of rotatable bonds is 4. The number of alkyl halides is 3. The van der Waals surface area contributed by atoms with Gasteiger partial charge in [0.1, 0.15) is 5.82 Å². The van der Waals surface area contributed by atoms with Crippen molar-refractivity contribution in [1.29, 1.82) is 0 Å². The second-order valence-corrected chi connectivity index (χ2v) is 5.43. The van der Waals surface area contributed by atoms with E-state index < -0.39 is 11.9 Å². The van der Waals surface area contributed by atoms with E-state index in [1.165, 1.54) is 0 Å². The summed E-state index contributed by atoms with van der Waals surface area (Å²) in [6.45, 7) is 4.08. The molecule has 0 aliphatic rings. The molecule has 0 spiro atoms. The van der Waals surface area contributed by atoms with Crippen molar-refractivity contribution in [3.63, 3.8) is 0 Å². The predicted octanol–water partition coefficient (Wildman–Crippen LogP) is 4.74. The van der Waals surface area contributed by atoms with E-state index in [4.69, 9.17) is 0 Å². The Hall–Kier alpha value is -1.83. The van der Waals surface area contributed by atoms with E-state index in [9.17, 15) is 13.2 Å². The SMILES string of the molecule is CCNc1nc(Nc2ccc(Br)c(C)c2)cc(C(F)(F)F)n1. The molecule has 2 rings (SSSR count). The van der Waals surface area contributed by atoms with Gasteiger partial charge in [-0.3, -0.25) is 0 Å². The van der Waals surface area contributed by atoms with Crippen LogP contribution in [0.3, 0.4) is 0 Å². The summed E-state index contributed by atoms with van der Waals surface area (Å²) in [6.07, 6.45) is -4.53. The molecule has 0 unspecified atom stereocenters. The first-order chi connectivity index (χ1) is 10.3. The lowest BCUT2D eigenvalue weighted by atomic mass is 10.2. The fraction of sp³-hybridized carbons (Fsp3) is 0.286. The Labute approximate surface area is 134 Å². The van der Waals surface area contributed by atoms with Crippen LogP contribution in [0.4, 0.5) is 30.6 Å². The second-order valence-electron chi connectivity index (χ2n) is 4.58. The van der Waals surface area contributed by atoms with Gasteiger partial charge in [-0.25, -0.2) is 4.98 Å². The van der Waals surface area contributed by atoms with Crippen LogP contribution in [0.2, 0.25) is 0 Å². The fourth-order valence-corrected chi connectivity index (χ4v) is 2.01. The summed E-state index contributed by atoms with van der Waals surface area (Å²) < 4.78 is 39.6. The maximum absolute atomic E-state index is 12.9. The quantitative estimate of drug-likeness (QED) is 0.811. The van der Waals surface area contributed by atoms with Gasteiger partial charge < -0.3 is 10.6 Å². The zero-order chi connectivity index (χ0) is 16.3. The van der Waals surface area contributed by atoms with Gasteiger partial charge in [0.15, 0.2) is 5.69 Å². The molecule has 0 aliphatic heterocycles. The van der Waals surface area contributed by atoms with E-state index in [-0.39, 0.29) is 11.8 Å². The number of aryl methyl sites for hydroxylation is 1. The average molecular weight is 375 g/mol. The summed E-state index contributed by atoms with van der Waals surface area (Å²) >= 11 is 3.37. The van der Waals surface area contributed by atoms with Crippen molar-refractivity contribution in [1.82, 2.24) is 9.97 Å². The molecule has 1 aromatic carbocycles. The van der Waals surface area contributed by atoms with Gasteiger partial charge >= 0.3 is 6.18 Å². The highest BCUT2D eigenvalue weighted by Crippen LogP contribution is 2.30. The van der Waals surface area contributed by atoms with Gasteiger partial charge in [-0.1, -0.05) is 15.9 Å². The van der Waals surface area contributed by atoms with Crippen molar-refractivity contribution in [3.8, 4) is 0 Å². The van der Waals surface area contributed by atoms with Crippen LogP contribution in [0.5, 0.6) is 0 Å². The first-order valence-corrected chi connectivity index (χ1v) is 7.32. The van der Waals surface area contributed by atoms with Crippen molar-refractivity contribution in [2.24, 2.45) is 0 Å². The molecule has 0 atom stereocenters. The number of nitrogens with one attached hydrogen (secondary N) is 2. The maximum atomic E-state index is 12.9. The first kappa shape index (κ1) is 16.5. The Bertz CT molecular complexity index is 674. The smallest absolute Gasteiger partial charge is 0.354 e. The Morgan fingerprint density at radius 3 is 2.50 bits per heavy atom. The monoisotopic (exact) mass is 374 g/mol. The van der Waals surface area contributed by atoms with E-state index in [1.807, 2.05) is 19.1 Å². The molecule has 0 aliphatic carbocycles. The number of halogens is 4. The molecule has 2 N–H and O–H groups in total. The second kappa shape index (κ2) is 6.51. The minimum absolute atomic E-state index is 0.0614. The third-order valence-corrected chi connectivity index (χ3v) is 3.67. The van der Waals surface area contributed by atoms with E-state index >= 15 is 0 Å². The largest absolute Gasteiger partial charge is 0.433 e. The van der Waals surface area contributed by atoms with E-state index in [0.29, 0.717) is 12.2 Å². The molecule has 118 valence electrons. The Morgan fingerprint density at radius 2 is 1.91 bits per heavy atom. The van der Waals surface area contributed by atoms with Crippen LogP contribution in [0, 0.1) is 6.92 Å². The van der Waals surface area contributed by atoms with Crippen molar-refractivity contribution < 1.29 is 13.2 Å². The zero-order valence-electron chi connectivity index (χ0n) is 11.9. The number of benzene rings is 1. The van der Waals surface area contributed by atoms with Crippen molar-refractivity contribution in [3.05, 3.63) is 40.0 Å². The van der Waals surface area contributed by atoms with E-state index in [1.54, 1.807) is 13.0 Å². The first-order valence-electron chi connectivity index (χ1n) is 6.53. The molecule has 0 fully saturated rings. The molecular formula is C14H14BrF3N4. The molecule has 22 heavy (non-hydrogen) atoms. The number of aromatic nitrogens is 2. The van der Waals surface area contributed by atoms with Crippen LogP contribution >= 0.6 is 15.9 Å². The van der Waals surface area contributed by atoms with Crippen molar-refractivity contribution >= 4 is 33.4 Å². The van der Waals surface area contributed by atoms with Gasteiger partial charge in [0.25, 0.3) is 0 Å². The lowest BCUT2D eigenvalue weighted by molar-refractivity contribution is -0.141. The number of nitrogens with zero attached hydrogens (tertiary/aromatic N) is 2. The summed E-state index contributed by atoms with van der Waals surface area (Å²) in [5, 5.41) is 5.57. The van der Waals surface area contributed by atoms with Crippen LogP contribution < -0.4 is 10.6 Å². The predicted molar refractivity (Wildman–Crippen MR) is 83.4 cm³/mol. The molecule has 8 heteroatoms. The van der Waals surface area contributed by atoms with Gasteiger partial charge in [0.05, 0.1) is 0 Å². The minimum Gasteiger partial charge on any atom is -0.354 e. The van der Waals surface area contributed by atoms with Crippen LogP contribution in [-0.2, 0) is 6.18 Å². The average Bonchev–Trinajstić information content (AvgIpc) is 2.42.